The molecular weight excluding hydrogens is 322 g/mol. The van der Waals surface area contributed by atoms with Gasteiger partial charge in [0.15, 0.2) is 0 Å². The zero-order chi connectivity index (χ0) is 16.8. The molecule has 0 aliphatic rings. The van der Waals surface area contributed by atoms with Crippen LogP contribution in [-0.4, -0.2) is 44.3 Å². The number of ether oxygens (including phenoxy) is 1. The van der Waals surface area contributed by atoms with Gasteiger partial charge in [0.2, 0.25) is 10.0 Å². The Balaban J connectivity index is 2.69. The highest BCUT2D eigenvalue weighted by atomic mass is 32.2. The summed E-state index contributed by atoms with van der Waals surface area (Å²) < 4.78 is 32.3. The van der Waals surface area contributed by atoms with Gasteiger partial charge in [-0.15, -0.1) is 0 Å². The highest BCUT2D eigenvalue weighted by Crippen LogP contribution is 2.17. The Labute approximate surface area is 137 Å². The molecule has 0 aliphatic carbocycles. The first kappa shape index (κ1) is 19.3. The maximum Gasteiger partial charge on any atom is 0.240 e. The van der Waals surface area contributed by atoms with Gasteiger partial charge in [-0.05, 0) is 43.4 Å². The minimum absolute atomic E-state index is 0.0260. The van der Waals surface area contributed by atoms with Crippen LogP contribution < -0.4 is 9.46 Å². The van der Waals surface area contributed by atoms with Crippen LogP contribution in [0.3, 0.4) is 0 Å². The molecule has 0 aromatic heterocycles. The first-order valence-electron chi connectivity index (χ1n) is 7.10. The Morgan fingerprint density at radius 1 is 1.32 bits per heavy atom. The number of hydrogen-bond acceptors (Lipinski definition) is 5. The van der Waals surface area contributed by atoms with Crippen LogP contribution in [0.4, 0.5) is 0 Å². The molecule has 0 fully saturated rings. The Kier molecular flexibility index (Phi) is 7.18. The molecule has 0 radical (unpaired) electrons. The minimum atomic E-state index is -3.63. The molecule has 1 rings (SSSR count). The fourth-order valence-corrected chi connectivity index (χ4v) is 3.56. The van der Waals surface area contributed by atoms with Gasteiger partial charge in [-0.2, -0.15) is 11.8 Å². The zero-order valence-electron chi connectivity index (χ0n) is 13.5. The molecule has 0 bridgehead atoms. The minimum Gasteiger partial charge on any atom is -0.493 e. The normalized spacial score (nSPS) is 14.8. The lowest BCUT2D eigenvalue weighted by atomic mass is 10.1. The van der Waals surface area contributed by atoms with Crippen LogP contribution in [-0.2, 0) is 10.0 Å². The summed E-state index contributed by atoms with van der Waals surface area (Å²) in [6, 6.07) is 6.27. The van der Waals surface area contributed by atoms with Crippen molar-refractivity contribution in [3.63, 3.8) is 0 Å². The summed E-state index contributed by atoms with van der Waals surface area (Å²) >= 11 is 1.46. The lowest BCUT2D eigenvalue weighted by Gasteiger charge is -2.22. The molecule has 22 heavy (non-hydrogen) atoms. The van der Waals surface area contributed by atoms with Crippen molar-refractivity contribution >= 4 is 21.8 Å². The van der Waals surface area contributed by atoms with Gasteiger partial charge in [-0.25, -0.2) is 13.1 Å². The number of benzene rings is 1. The Bertz CT molecular complexity index is 553. The van der Waals surface area contributed by atoms with Crippen molar-refractivity contribution in [2.45, 2.75) is 31.3 Å². The van der Waals surface area contributed by atoms with Gasteiger partial charge in [0.1, 0.15) is 5.75 Å². The molecule has 7 heteroatoms. The molecule has 1 aromatic carbocycles. The standard InChI is InChI=1S/C15H25NO4S2/c1-12(2)9-20-13-5-7-14(8-6-13)22(18,19)16-10-15(3,17)11-21-4/h5-8,12,16-17H,9-11H2,1-4H3. The SMILES string of the molecule is CSCC(C)(O)CNS(=O)(=O)c1ccc(OCC(C)C)cc1. The molecule has 0 heterocycles. The monoisotopic (exact) mass is 347 g/mol. The highest BCUT2D eigenvalue weighted by Gasteiger charge is 2.23. The van der Waals surface area contributed by atoms with Crippen molar-refractivity contribution in [1.29, 1.82) is 0 Å². The van der Waals surface area contributed by atoms with E-state index in [9.17, 15) is 13.5 Å². The number of thioether (sulfide) groups is 1. The average molecular weight is 348 g/mol. The van der Waals surface area contributed by atoms with E-state index in [1.807, 2.05) is 20.1 Å². The molecule has 0 spiro atoms. The zero-order valence-corrected chi connectivity index (χ0v) is 15.1. The fourth-order valence-electron chi connectivity index (χ4n) is 1.67. The predicted molar refractivity (Wildman–Crippen MR) is 91.0 cm³/mol. The largest absolute Gasteiger partial charge is 0.493 e. The van der Waals surface area contributed by atoms with Gasteiger partial charge in [0.05, 0.1) is 17.1 Å². The van der Waals surface area contributed by atoms with E-state index in [-0.39, 0.29) is 11.4 Å². The van der Waals surface area contributed by atoms with Crippen molar-refractivity contribution in [3.05, 3.63) is 24.3 Å². The van der Waals surface area contributed by atoms with Gasteiger partial charge in [0, 0.05) is 12.3 Å². The van der Waals surface area contributed by atoms with Crippen LogP contribution in [0.2, 0.25) is 0 Å². The van der Waals surface area contributed by atoms with Gasteiger partial charge < -0.3 is 9.84 Å². The van der Waals surface area contributed by atoms with Gasteiger partial charge >= 0.3 is 0 Å². The first-order valence-corrected chi connectivity index (χ1v) is 9.98. The lowest BCUT2D eigenvalue weighted by molar-refractivity contribution is 0.0908. The van der Waals surface area contributed by atoms with Crippen molar-refractivity contribution in [1.82, 2.24) is 4.72 Å². The van der Waals surface area contributed by atoms with Crippen LogP contribution in [0.15, 0.2) is 29.2 Å². The van der Waals surface area contributed by atoms with E-state index in [0.29, 0.717) is 24.0 Å². The number of sulfonamides is 1. The summed E-state index contributed by atoms with van der Waals surface area (Å²) in [5.74, 6) is 1.50. The lowest BCUT2D eigenvalue weighted by Crippen LogP contribution is -2.42. The molecule has 0 aliphatic heterocycles. The summed E-state index contributed by atoms with van der Waals surface area (Å²) in [4.78, 5) is 0.157. The van der Waals surface area contributed by atoms with Gasteiger partial charge in [-0.3, -0.25) is 0 Å². The molecule has 1 aromatic rings. The Hall–Kier alpha value is -0.760. The van der Waals surface area contributed by atoms with E-state index < -0.39 is 15.6 Å². The molecule has 0 saturated heterocycles. The third-order valence-electron chi connectivity index (χ3n) is 2.82. The average Bonchev–Trinajstić information content (AvgIpc) is 2.44. The molecule has 1 atom stereocenters. The van der Waals surface area contributed by atoms with Crippen molar-refractivity contribution < 1.29 is 18.3 Å². The van der Waals surface area contributed by atoms with Crippen LogP contribution in [0.25, 0.3) is 0 Å². The molecular formula is C15H25NO4S2. The maximum absolute atomic E-state index is 12.2. The smallest absolute Gasteiger partial charge is 0.240 e. The maximum atomic E-state index is 12.2. The van der Waals surface area contributed by atoms with Crippen LogP contribution in [0.1, 0.15) is 20.8 Å². The van der Waals surface area contributed by atoms with E-state index >= 15 is 0 Å². The summed E-state index contributed by atoms with van der Waals surface area (Å²) in [7, 11) is -3.63. The third-order valence-corrected chi connectivity index (χ3v) is 5.14. The highest BCUT2D eigenvalue weighted by molar-refractivity contribution is 7.98. The van der Waals surface area contributed by atoms with Crippen LogP contribution in [0, 0.1) is 5.92 Å². The van der Waals surface area contributed by atoms with Gasteiger partial charge in [-0.1, -0.05) is 13.8 Å². The van der Waals surface area contributed by atoms with E-state index in [1.165, 1.54) is 23.9 Å². The first-order chi connectivity index (χ1) is 10.2. The van der Waals surface area contributed by atoms with E-state index in [0.717, 1.165) is 0 Å². The fraction of sp³-hybridized carbons (Fsp3) is 0.600. The van der Waals surface area contributed by atoms with E-state index in [4.69, 9.17) is 4.74 Å². The summed E-state index contributed by atoms with van der Waals surface area (Å²) in [5, 5.41) is 10.0. The molecule has 0 amide bonds. The molecule has 0 saturated carbocycles. The number of rotatable bonds is 9. The third kappa shape index (κ3) is 6.56. The summed E-state index contributed by atoms with van der Waals surface area (Å²) in [5.41, 5.74) is -1.08. The van der Waals surface area contributed by atoms with E-state index in [2.05, 4.69) is 4.72 Å². The second-order valence-electron chi connectivity index (χ2n) is 5.93. The van der Waals surface area contributed by atoms with Crippen molar-refractivity contribution in [3.8, 4) is 5.75 Å². The van der Waals surface area contributed by atoms with Gasteiger partial charge in [0.25, 0.3) is 0 Å². The summed E-state index contributed by atoms with van der Waals surface area (Å²) in [6.45, 7) is 6.25. The van der Waals surface area contributed by atoms with Crippen molar-refractivity contribution in [2.75, 3.05) is 25.2 Å². The predicted octanol–water partition coefficient (Wildman–Crippen LogP) is 2.11. The van der Waals surface area contributed by atoms with Crippen molar-refractivity contribution in [2.24, 2.45) is 5.92 Å². The van der Waals surface area contributed by atoms with Crippen LogP contribution in [0.5, 0.6) is 5.75 Å². The number of hydrogen-bond donors (Lipinski definition) is 2. The summed E-state index contributed by atoms with van der Waals surface area (Å²) in [6.07, 6.45) is 1.86. The topological polar surface area (TPSA) is 75.6 Å². The second-order valence-corrected chi connectivity index (χ2v) is 8.56. The number of nitrogens with one attached hydrogen (secondary N) is 1. The molecule has 1 unspecified atom stereocenters. The second kappa shape index (κ2) is 8.19. The Morgan fingerprint density at radius 2 is 1.91 bits per heavy atom. The van der Waals surface area contributed by atoms with E-state index in [1.54, 1.807) is 19.1 Å². The Morgan fingerprint density at radius 3 is 2.41 bits per heavy atom. The number of aliphatic hydroxyl groups is 1. The van der Waals surface area contributed by atoms with Crippen LogP contribution >= 0.6 is 11.8 Å². The molecule has 126 valence electrons. The quantitative estimate of drug-likeness (QED) is 0.715. The molecule has 5 nitrogen and oxygen atoms in total. The molecule has 2 N–H and O–H groups in total.